The predicted molar refractivity (Wildman–Crippen MR) is 258 cm³/mol. The van der Waals surface area contributed by atoms with Crippen LogP contribution in [-0.2, 0) is 22.2 Å². The molecule has 62 heavy (non-hydrogen) atoms. The molecule has 13 rings (SSSR count). The van der Waals surface area contributed by atoms with Crippen molar-refractivity contribution in [3.8, 4) is 39.1 Å². The number of anilines is 3. The summed E-state index contributed by atoms with van der Waals surface area (Å²) in [6, 6.07) is 61.9. The average Bonchev–Trinajstić information content (AvgIpc) is 3.49. The Kier molecular flexibility index (Phi) is 7.38. The Morgan fingerprint density at radius 2 is 1.03 bits per heavy atom. The first-order valence-electron chi connectivity index (χ1n) is 22.0. The van der Waals surface area contributed by atoms with Crippen LogP contribution < -0.4 is 9.64 Å². The molecule has 0 amide bonds. The molecule has 0 radical (unpaired) electrons. The van der Waals surface area contributed by atoms with Gasteiger partial charge >= 0.3 is 0 Å². The Balaban J connectivity index is 1.20. The van der Waals surface area contributed by atoms with Crippen molar-refractivity contribution < 1.29 is 9.47 Å². The van der Waals surface area contributed by atoms with Gasteiger partial charge in [0.25, 0.3) is 0 Å². The van der Waals surface area contributed by atoms with Gasteiger partial charge in [0, 0.05) is 38.6 Å². The smallest absolute Gasteiger partial charge is 0.132 e. The maximum atomic E-state index is 6.70. The predicted octanol–water partition coefficient (Wildman–Crippen LogP) is 15.4. The SMILES string of the molecule is CC1(C)c2ccccc2-c2ccc(N(c3cc4c(cc3-c3cccc5c3OCCOC5)-c3ccccc3C4(C)C)c3ccc4cccc5c6cccc7cccc(c3c45)c76)cc21. The molecule has 0 N–H and O–H groups in total. The fourth-order valence-electron chi connectivity index (χ4n) is 11.7. The molecule has 3 heteroatoms. The zero-order valence-corrected chi connectivity index (χ0v) is 35.5. The van der Waals surface area contributed by atoms with Crippen LogP contribution in [0.1, 0.15) is 55.5 Å². The van der Waals surface area contributed by atoms with Gasteiger partial charge < -0.3 is 14.4 Å². The van der Waals surface area contributed by atoms with Gasteiger partial charge in [-0.25, -0.2) is 0 Å². The van der Waals surface area contributed by atoms with Crippen molar-refractivity contribution >= 4 is 60.2 Å². The zero-order chi connectivity index (χ0) is 41.5. The van der Waals surface area contributed by atoms with E-state index in [1.807, 2.05) is 0 Å². The van der Waals surface area contributed by atoms with E-state index in [4.69, 9.17) is 9.47 Å². The Hall–Kier alpha value is -6.94. The molecule has 0 saturated carbocycles. The number of para-hydroxylation sites is 1. The minimum absolute atomic E-state index is 0.183. The van der Waals surface area contributed by atoms with E-state index in [0.717, 1.165) is 39.5 Å². The quantitative estimate of drug-likeness (QED) is 0.131. The molecule has 10 aromatic rings. The lowest BCUT2D eigenvalue weighted by Gasteiger charge is -2.33. The van der Waals surface area contributed by atoms with Crippen molar-refractivity contribution in [2.24, 2.45) is 0 Å². The van der Waals surface area contributed by atoms with Crippen LogP contribution in [0.25, 0.3) is 76.5 Å². The summed E-state index contributed by atoms with van der Waals surface area (Å²) < 4.78 is 12.8. The van der Waals surface area contributed by atoms with Gasteiger partial charge in [-0.3, -0.25) is 0 Å². The molecule has 10 aromatic carbocycles. The van der Waals surface area contributed by atoms with Gasteiger partial charge in [0.2, 0.25) is 0 Å². The molecular weight excluding hydrogens is 755 g/mol. The highest BCUT2D eigenvalue weighted by molar-refractivity contribution is 6.35. The maximum absolute atomic E-state index is 6.70. The number of hydrogen-bond donors (Lipinski definition) is 0. The molecule has 0 saturated heterocycles. The summed E-state index contributed by atoms with van der Waals surface area (Å²) in [6.45, 7) is 11.1. The van der Waals surface area contributed by atoms with Crippen molar-refractivity contribution in [1.82, 2.24) is 0 Å². The minimum Gasteiger partial charge on any atom is -0.490 e. The third kappa shape index (κ3) is 4.80. The van der Waals surface area contributed by atoms with E-state index in [1.54, 1.807) is 0 Å². The Morgan fingerprint density at radius 3 is 1.79 bits per heavy atom. The van der Waals surface area contributed by atoms with Crippen molar-refractivity contribution in [2.75, 3.05) is 18.1 Å². The molecule has 0 unspecified atom stereocenters. The van der Waals surface area contributed by atoms with Crippen LogP contribution in [0.15, 0.2) is 164 Å². The molecule has 3 nitrogen and oxygen atoms in total. The lowest BCUT2D eigenvalue weighted by atomic mass is 9.81. The van der Waals surface area contributed by atoms with Gasteiger partial charge in [-0.05, 0) is 113 Å². The van der Waals surface area contributed by atoms with E-state index in [1.165, 1.54) is 87.6 Å². The van der Waals surface area contributed by atoms with Crippen molar-refractivity contribution in [2.45, 2.75) is 45.1 Å². The molecule has 3 aliphatic rings. The highest BCUT2D eigenvalue weighted by Crippen LogP contribution is 2.57. The van der Waals surface area contributed by atoms with Gasteiger partial charge in [0.1, 0.15) is 12.4 Å². The first-order chi connectivity index (χ1) is 30.3. The number of fused-ring (bicyclic) bond motifs is 9. The molecule has 0 spiro atoms. The number of ether oxygens (including phenoxy) is 2. The topological polar surface area (TPSA) is 21.7 Å². The van der Waals surface area contributed by atoms with Gasteiger partial charge in [0.15, 0.2) is 0 Å². The average molecular weight is 800 g/mol. The van der Waals surface area contributed by atoms with E-state index in [0.29, 0.717) is 19.8 Å². The van der Waals surface area contributed by atoms with Crippen LogP contribution in [0.5, 0.6) is 5.75 Å². The number of nitrogens with zero attached hydrogens (tertiary/aromatic N) is 1. The van der Waals surface area contributed by atoms with E-state index in [2.05, 4.69) is 196 Å². The monoisotopic (exact) mass is 799 g/mol. The molecule has 0 bridgehead atoms. The van der Waals surface area contributed by atoms with E-state index < -0.39 is 0 Å². The molecule has 1 heterocycles. The van der Waals surface area contributed by atoms with Crippen molar-refractivity contribution in [3.63, 3.8) is 0 Å². The summed E-state index contributed by atoms with van der Waals surface area (Å²) in [6.07, 6.45) is 0. The molecule has 2 aliphatic carbocycles. The maximum Gasteiger partial charge on any atom is 0.132 e. The second-order valence-electron chi connectivity index (χ2n) is 18.6. The van der Waals surface area contributed by atoms with Crippen molar-refractivity contribution in [1.29, 1.82) is 0 Å². The minimum atomic E-state index is -0.222. The summed E-state index contributed by atoms with van der Waals surface area (Å²) in [5, 5.41) is 10.2. The second-order valence-corrected chi connectivity index (χ2v) is 18.6. The Labute approximate surface area is 362 Å². The summed E-state index contributed by atoms with van der Waals surface area (Å²) in [5.74, 6) is 0.906. The van der Waals surface area contributed by atoms with Gasteiger partial charge in [-0.2, -0.15) is 0 Å². The largest absolute Gasteiger partial charge is 0.490 e. The fraction of sp³-hybridized carbons (Fsp3) is 0.153. The molecule has 298 valence electrons. The third-order valence-corrected chi connectivity index (χ3v) is 14.6. The van der Waals surface area contributed by atoms with Crippen LogP contribution in [0.3, 0.4) is 0 Å². The van der Waals surface area contributed by atoms with E-state index >= 15 is 0 Å². The first kappa shape index (κ1) is 35.8. The van der Waals surface area contributed by atoms with Gasteiger partial charge in [0.05, 0.1) is 24.6 Å². The van der Waals surface area contributed by atoms with Crippen LogP contribution in [0.2, 0.25) is 0 Å². The standard InChI is InChI=1S/C59H45NO2/c1-58(2)48-23-7-5-17-39(48)41-27-26-38(31-50(41)58)60(52-28-25-36-15-10-20-43-42-19-9-13-35-14-11-22-45(54(35)42)56(52)55(36)43)53-33-51-46(40-18-6-8-24-49(40)59(51,3)4)32-47(53)44-21-12-16-37-34-61-29-30-62-57(37)44/h5-28,31-33H,29-30,34H2,1-4H3. The molecule has 1 aliphatic heterocycles. The highest BCUT2D eigenvalue weighted by atomic mass is 16.5. The van der Waals surface area contributed by atoms with Crippen LogP contribution in [0, 0.1) is 0 Å². The highest BCUT2D eigenvalue weighted by Gasteiger charge is 2.39. The van der Waals surface area contributed by atoms with Gasteiger partial charge in [-0.15, -0.1) is 0 Å². The lowest BCUT2D eigenvalue weighted by molar-refractivity contribution is 0.107. The number of hydrogen-bond acceptors (Lipinski definition) is 3. The first-order valence-corrected chi connectivity index (χ1v) is 22.0. The lowest BCUT2D eigenvalue weighted by Crippen LogP contribution is -2.19. The molecule has 0 atom stereocenters. The summed E-state index contributed by atoms with van der Waals surface area (Å²) in [4.78, 5) is 2.60. The normalized spacial score (nSPS) is 15.5. The molecule has 0 fully saturated rings. The van der Waals surface area contributed by atoms with Crippen molar-refractivity contribution in [3.05, 3.63) is 192 Å². The Bertz CT molecular complexity index is 3510. The number of benzene rings is 10. The number of rotatable bonds is 4. The van der Waals surface area contributed by atoms with Crippen LogP contribution in [-0.4, -0.2) is 13.2 Å². The Morgan fingerprint density at radius 1 is 0.419 bits per heavy atom. The van der Waals surface area contributed by atoms with E-state index in [9.17, 15) is 0 Å². The fourth-order valence-corrected chi connectivity index (χ4v) is 11.7. The summed E-state index contributed by atoms with van der Waals surface area (Å²) in [7, 11) is 0. The van der Waals surface area contributed by atoms with Crippen LogP contribution in [0.4, 0.5) is 17.1 Å². The third-order valence-electron chi connectivity index (χ3n) is 14.6. The zero-order valence-electron chi connectivity index (χ0n) is 35.5. The summed E-state index contributed by atoms with van der Waals surface area (Å²) >= 11 is 0. The second kappa shape index (κ2) is 12.8. The van der Waals surface area contributed by atoms with E-state index in [-0.39, 0.29) is 10.8 Å². The van der Waals surface area contributed by atoms with Gasteiger partial charge in [-0.1, -0.05) is 161 Å². The summed E-state index contributed by atoms with van der Waals surface area (Å²) in [5.41, 5.74) is 16.9. The molecule has 0 aromatic heterocycles. The molecular formula is C59H45NO2. The van der Waals surface area contributed by atoms with Crippen LogP contribution >= 0.6 is 0 Å².